The maximum absolute atomic E-state index is 13.2. The fourth-order valence-corrected chi connectivity index (χ4v) is 4.69. The zero-order valence-corrected chi connectivity index (χ0v) is 21.7. The summed E-state index contributed by atoms with van der Waals surface area (Å²) in [4.78, 5) is 17.3. The van der Waals surface area contributed by atoms with Gasteiger partial charge in [-0.05, 0) is 74.5 Å². The lowest BCUT2D eigenvalue weighted by Crippen LogP contribution is -2.37. The third kappa shape index (κ3) is 6.86. The fraction of sp³-hybridized carbons (Fsp3) is 0.607. The van der Waals surface area contributed by atoms with Crippen LogP contribution >= 0.6 is 0 Å². The van der Waals surface area contributed by atoms with E-state index in [1.165, 1.54) is 11.3 Å². The summed E-state index contributed by atoms with van der Waals surface area (Å²) in [5.74, 6) is 0.630. The maximum atomic E-state index is 13.2. The minimum absolute atomic E-state index is 0.0565. The average molecular weight is 469 g/mol. The third-order valence-corrected chi connectivity index (χ3v) is 7.28. The van der Waals surface area contributed by atoms with E-state index in [-0.39, 0.29) is 11.7 Å². The summed E-state index contributed by atoms with van der Waals surface area (Å²) in [5.41, 5.74) is 3.94. The molecule has 34 heavy (non-hydrogen) atoms. The van der Waals surface area contributed by atoms with Gasteiger partial charge in [0.2, 0.25) is 0 Å². The van der Waals surface area contributed by atoms with Crippen molar-refractivity contribution in [1.82, 2.24) is 20.4 Å². The van der Waals surface area contributed by atoms with Crippen molar-refractivity contribution in [2.24, 2.45) is 5.92 Å². The first-order valence-electron chi connectivity index (χ1n) is 13.0. The van der Waals surface area contributed by atoms with Gasteiger partial charge in [-0.25, -0.2) is 0 Å². The summed E-state index contributed by atoms with van der Waals surface area (Å²) >= 11 is 0. The number of rotatable bonds is 12. The van der Waals surface area contributed by atoms with Gasteiger partial charge in [-0.3, -0.25) is 4.79 Å². The second-order valence-corrected chi connectivity index (χ2v) is 10.1. The van der Waals surface area contributed by atoms with Gasteiger partial charge in [0.1, 0.15) is 5.75 Å². The number of hydrogen-bond donors (Lipinski definition) is 3. The number of carbonyl (C=O) groups is 1. The Hall–Kier alpha value is -2.31. The highest BCUT2D eigenvalue weighted by atomic mass is 16.3. The summed E-state index contributed by atoms with van der Waals surface area (Å²) in [5, 5.41) is 17.6. The molecule has 1 amide bonds. The molecule has 3 N–H and O–H groups in total. The Kier molecular flexibility index (Phi) is 9.60. The molecule has 1 heterocycles. The van der Waals surface area contributed by atoms with Crippen LogP contribution in [0.15, 0.2) is 41.7 Å². The van der Waals surface area contributed by atoms with E-state index in [0.29, 0.717) is 30.0 Å². The molecule has 1 aromatic rings. The van der Waals surface area contributed by atoms with Gasteiger partial charge in [-0.2, -0.15) is 0 Å². The Bertz CT molecular complexity index is 892. The van der Waals surface area contributed by atoms with Crippen LogP contribution in [-0.2, 0) is 0 Å². The zero-order chi connectivity index (χ0) is 24.7. The second-order valence-electron chi connectivity index (χ2n) is 10.1. The predicted octanol–water partition coefficient (Wildman–Crippen LogP) is 4.45. The largest absolute Gasteiger partial charge is 0.507 e. The van der Waals surface area contributed by atoms with Crippen molar-refractivity contribution in [2.45, 2.75) is 65.3 Å². The number of carbonyl (C=O) groups excluding carboxylic acids is 1. The summed E-state index contributed by atoms with van der Waals surface area (Å²) in [6, 6.07) is 5.90. The van der Waals surface area contributed by atoms with Gasteiger partial charge < -0.3 is 25.5 Å². The Morgan fingerprint density at radius 1 is 1.26 bits per heavy atom. The Morgan fingerprint density at radius 3 is 2.76 bits per heavy atom. The zero-order valence-electron chi connectivity index (χ0n) is 21.7. The number of allylic oxidation sites excluding steroid dienone is 2. The van der Waals surface area contributed by atoms with Crippen molar-refractivity contribution in [3.8, 4) is 5.75 Å². The first-order chi connectivity index (χ1) is 16.3. The molecule has 1 aromatic carbocycles. The molecule has 2 atom stereocenters. The number of likely N-dealkylation sites (N-methyl/N-ethyl adjacent to an activating group) is 1. The Balaban J connectivity index is 1.55. The van der Waals surface area contributed by atoms with Crippen LogP contribution in [0.25, 0.3) is 0 Å². The maximum Gasteiger partial charge on any atom is 0.261 e. The average Bonchev–Trinajstić information content (AvgIpc) is 3.26. The highest BCUT2D eigenvalue weighted by molar-refractivity contribution is 5.98. The van der Waals surface area contributed by atoms with Gasteiger partial charge in [-0.15, -0.1) is 0 Å². The molecule has 0 bridgehead atoms. The van der Waals surface area contributed by atoms with Crippen LogP contribution in [0.1, 0.15) is 75.2 Å². The van der Waals surface area contributed by atoms with Crippen LogP contribution in [0, 0.1) is 5.92 Å². The van der Waals surface area contributed by atoms with Crippen molar-refractivity contribution < 1.29 is 9.90 Å². The number of aromatic hydroxyl groups is 1. The molecule has 0 saturated carbocycles. The number of phenolic OH excluding ortho intramolecular Hbond substituents is 1. The highest BCUT2D eigenvalue weighted by Gasteiger charge is 2.31. The molecule has 0 saturated heterocycles. The van der Waals surface area contributed by atoms with E-state index in [1.54, 1.807) is 11.0 Å². The van der Waals surface area contributed by atoms with E-state index < -0.39 is 0 Å². The molecule has 0 radical (unpaired) electrons. The van der Waals surface area contributed by atoms with Crippen molar-refractivity contribution in [2.75, 3.05) is 39.8 Å². The number of benzene rings is 1. The Morgan fingerprint density at radius 2 is 2.06 bits per heavy atom. The number of fused-ring (bicyclic) bond motifs is 1. The number of hydrogen-bond acceptors (Lipinski definition) is 5. The molecule has 6 heteroatoms. The molecule has 2 aliphatic rings. The highest BCUT2D eigenvalue weighted by Crippen LogP contribution is 2.34. The molecule has 188 valence electrons. The van der Waals surface area contributed by atoms with Crippen LogP contribution in [0.2, 0.25) is 0 Å². The van der Waals surface area contributed by atoms with Crippen molar-refractivity contribution in [3.05, 3.63) is 52.9 Å². The van der Waals surface area contributed by atoms with E-state index in [4.69, 9.17) is 0 Å². The SMILES string of the molecule is CCC(CCNC1=CC2=CN(C(=O)c3cc(C(C)C)ccc3O)CC2CC1)NCCN(C)CC. The van der Waals surface area contributed by atoms with E-state index >= 15 is 0 Å². The second kappa shape index (κ2) is 12.4. The minimum atomic E-state index is -0.115. The van der Waals surface area contributed by atoms with E-state index in [1.807, 2.05) is 18.3 Å². The standard InChI is InChI=1S/C28H44N4O2/c1-6-24(30-14-15-31(5)7-2)12-13-29-25-10-8-22-18-32(19-23(22)16-25)28(34)26-17-21(20(3)4)9-11-27(26)33/h9,11,16-17,19-20,22,24,29-30,33H,6-8,10,12-15,18H2,1-5H3. The minimum Gasteiger partial charge on any atom is -0.507 e. The quantitative estimate of drug-likeness (QED) is 0.423. The first-order valence-corrected chi connectivity index (χ1v) is 13.0. The van der Waals surface area contributed by atoms with E-state index in [9.17, 15) is 9.90 Å². The van der Waals surface area contributed by atoms with Gasteiger partial charge in [0, 0.05) is 50.0 Å². The molecule has 2 unspecified atom stereocenters. The lowest BCUT2D eigenvalue weighted by Gasteiger charge is -2.24. The van der Waals surface area contributed by atoms with Gasteiger partial charge in [0.15, 0.2) is 0 Å². The number of amides is 1. The molecule has 3 rings (SSSR count). The predicted molar refractivity (Wildman–Crippen MR) is 140 cm³/mol. The molecular formula is C28H44N4O2. The topological polar surface area (TPSA) is 67.8 Å². The molecule has 1 aliphatic heterocycles. The molecule has 0 spiro atoms. The van der Waals surface area contributed by atoms with Gasteiger partial charge >= 0.3 is 0 Å². The first kappa shape index (κ1) is 26.3. The number of nitrogens with one attached hydrogen (secondary N) is 2. The van der Waals surface area contributed by atoms with E-state index in [0.717, 1.165) is 57.4 Å². The molecule has 0 aromatic heterocycles. The lowest BCUT2D eigenvalue weighted by atomic mass is 9.90. The van der Waals surface area contributed by atoms with Crippen LogP contribution in [0.4, 0.5) is 0 Å². The molecule has 0 fully saturated rings. The molecule has 6 nitrogen and oxygen atoms in total. The van der Waals surface area contributed by atoms with Gasteiger partial charge in [0.05, 0.1) is 5.56 Å². The fourth-order valence-electron chi connectivity index (χ4n) is 4.69. The van der Waals surface area contributed by atoms with Crippen molar-refractivity contribution in [3.63, 3.8) is 0 Å². The number of phenols is 1. The normalized spacial score (nSPS) is 18.7. The summed E-state index contributed by atoms with van der Waals surface area (Å²) in [6.07, 6.45) is 8.51. The van der Waals surface area contributed by atoms with Crippen LogP contribution in [-0.4, -0.2) is 66.6 Å². The van der Waals surface area contributed by atoms with Gasteiger partial charge in [0.25, 0.3) is 5.91 Å². The Labute approximate surface area is 206 Å². The summed E-state index contributed by atoms with van der Waals surface area (Å²) in [6.45, 7) is 13.5. The molecular weight excluding hydrogens is 424 g/mol. The third-order valence-electron chi connectivity index (χ3n) is 7.28. The summed E-state index contributed by atoms with van der Waals surface area (Å²) in [7, 11) is 2.16. The summed E-state index contributed by atoms with van der Waals surface area (Å²) < 4.78 is 0. The lowest BCUT2D eigenvalue weighted by molar-refractivity contribution is 0.0820. The van der Waals surface area contributed by atoms with Gasteiger partial charge in [-0.1, -0.05) is 33.8 Å². The smallest absolute Gasteiger partial charge is 0.261 e. The monoisotopic (exact) mass is 468 g/mol. The van der Waals surface area contributed by atoms with Crippen LogP contribution < -0.4 is 10.6 Å². The van der Waals surface area contributed by atoms with E-state index in [2.05, 4.69) is 56.4 Å². The molecule has 1 aliphatic carbocycles. The van der Waals surface area contributed by atoms with Crippen LogP contribution in [0.3, 0.4) is 0 Å². The number of nitrogens with zero attached hydrogens (tertiary/aromatic N) is 2. The van der Waals surface area contributed by atoms with Crippen LogP contribution in [0.5, 0.6) is 5.75 Å². The van der Waals surface area contributed by atoms with Crippen molar-refractivity contribution in [1.29, 1.82) is 0 Å². The van der Waals surface area contributed by atoms with Crippen molar-refractivity contribution >= 4 is 5.91 Å².